The summed E-state index contributed by atoms with van der Waals surface area (Å²) in [6.07, 6.45) is 5.29. The van der Waals surface area contributed by atoms with Gasteiger partial charge < -0.3 is 4.74 Å². The van der Waals surface area contributed by atoms with E-state index in [1.54, 1.807) is 0 Å². The Balaban J connectivity index is 1.81. The predicted molar refractivity (Wildman–Crippen MR) is 80.6 cm³/mol. The fourth-order valence-corrected chi connectivity index (χ4v) is 2.92. The van der Waals surface area contributed by atoms with Gasteiger partial charge in [-0.05, 0) is 13.3 Å². The van der Waals surface area contributed by atoms with Crippen LogP contribution in [-0.2, 0) is 18.3 Å². The molecular formula is C15H28N4O. The third kappa shape index (κ3) is 4.30. The highest BCUT2D eigenvalue weighted by atomic mass is 16.5. The van der Waals surface area contributed by atoms with Gasteiger partial charge in [0.1, 0.15) is 0 Å². The number of piperazine rings is 1. The number of ether oxygens (including phenoxy) is 1. The van der Waals surface area contributed by atoms with E-state index >= 15 is 0 Å². The van der Waals surface area contributed by atoms with Crippen molar-refractivity contribution in [2.45, 2.75) is 32.9 Å². The number of hydrogen-bond acceptors (Lipinski definition) is 4. The Morgan fingerprint density at radius 2 is 2.20 bits per heavy atom. The lowest BCUT2D eigenvalue weighted by Gasteiger charge is -2.41. The van der Waals surface area contributed by atoms with E-state index in [2.05, 4.69) is 34.9 Å². The SMILES string of the molecule is CCOCCN1CCN(Cc2cnn(C)c2)C[C@H]1CC. The highest BCUT2D eigenvalue weighted by molar-refractivity contribution is 5.03. The first kappa shape index (κ1) is 15.5. The van der Waals surface area contributed by atoms with Crippen molar-refractivity contribution >= 4 is 0 Å². The van der Waals surface area contributed by atoms with Gasteiger partial charge in [-0.1, -0.05) is 6.92 Å². The van der Waals surface area contributed by atoms with Crippen LogP contribution >= 0.6 is 0 Å². The fourth-order valence-electron chi connectivity index (χ4n) is 2.92. The molecule has 2 heterocycles. The van der Waals surface area contributed by atoms with Gasteiger partial charge in [-0.3, -0.25) is 14.5 Å². The fraction of sp³-hybridized carbons (Fsp3) is 0.800. The van der Waals surface area contributed by atoms with E-state index in [1.807, 2.05) is 17.9 Å². The van der Waals surface area contributed by atoms with Crippen molar-refractivity contribution in [1.82, 2.24) is 19.6 Å². The monoisotopic (exact) mass is 280 g/mol. The number of aryl methyl sites for hydroxylation is 1. The molecule has 1 aliphatic heterocycles. The molecule has 0 spiro atoms. The maximum Gasteiger partial charge on any atom is 0.0593 e. The van der Waals surface area contributed by atoms with Gasteiger partial charge >= 0.3 is 0 Å². The summed E-state index contributed by atoms with van der Waals surface area (Å²) >= 11 is 0. The quantitative estimate of drug-likeness (QED) is 0.706. The molecule has 1 saturated heterocycles. The van der Waals surface area contributed by atoms with Gasteiger partial charge in [0.25, 0.3) is 0 Å². The van der Waals surface area contributed by atoms with Crippen LogP contribution in [0.2, 0.25) is 0 Å². The number of aromatic nitrogens is 2. The van der Waals surface area contributed by atoms with Gasteiger partial charge in [0.2, 0.25) is 0 Å². The standard InChI is InChI=1S/C15H28N4O/c1-4-15-13-18(12-14-10-16-17(3)11-14)6-7-19(15)8-9-20-5-2/h10-11,15H,4-9,12-13H2,1-3H3/t15-/m1/s1. The Morgan fingerprint density at radius 1 is 1.35 bits per heavy atom. The lowest BCUT2D eigenvalue weighted by Crippen LogP contribution is -2.53. The van der Waals surface area contributed by atoms with Gasteiger partial charge in [-0.25, -0.2) is 0 Å². The van der Waals surface area contributed by atoms with E-state index in [0.29, 0.717) is 6.04 Å². The summed E-state index contributed by atoms with van der Waals surface area (Å²) in [5, 5.41) is 4.25. The number of hydrogen-bond donors (Lipinski definition) is 0. The van der Waals surface area contributed by atoms with Gasteiger partial charge in [-0.2, -0.15) is 5.10 Å². The van der Waals surface area contributed by atoms with Gasteiger partial charge in [-0.15, -0.1) is 0 Å². The van der Waals surface area contributed by atoms with Crippen molar-refractivity contribution in [3.8, 4) is 0 Å². The molecule has 1 fully saturated rings. The van der Waals surface area contributed by atoms with E-state index in [1.165, 1.54) is 12.0 Å². The Bertz CT molecular complexity index is 393. The number of rotatable bonds is 7. The lowest BCUT2D eigenvalue weighted by atomic mass is 10.1. The predicted octanol–water partition coefficient (Wildman–Crippen LogP) is 1.35. The molecule has 1 aliphatic rings. The van der Waals surface area contributed by atoms with Crippen LogP contribution in [0.3, 0.4) is 0 Å². The van der Waals surface area contributed by atoms with E-state index in [9.17, 15) is 0 Å². The molecule has 5 heteroatoms. The molecule has 1 aromatic rings. The second kappa shape index (κ2) is 7.76. The van der Waals surface area contributed by atoms with E-state index in [0.717, 1.165) is 45.9 Å². The van der Waals surface area contributed by atoms with E-state index < -0.39 is 0 Å². The average Bonchev–Trinajstić information content (AvgIpc) is 2.85. The van der Waals surface area contributed by atoms with Crippen LogP contribution in [-0.4, -0.2) is 65.0 Å². The zero-order chi connectivity index (χ0) is 14.4. The van der Waals surface area contributed by atoms with Crippen LogP contribution in [0.5, 0.6) is 0 Å². The molecule has 0 aromatic carbocycles. The molecule has 0 N–H and O–H groups in total. The van der Waals surface area contributed by atoms with Crippen molar-refractivity contribution in [3.05, 3.63) is 18.0 Å². The number of nitrogens with zero attached hydrogens (tertiary/aromatic N) is 4. The minimum absolute atomic E-state index is 0.654. The van der Waals surface area contributed by atoms with Crippen molar-refractivity contribution in [2.24, 2.45) is 7.05 Å². The maximum atomic E-state index is 5.49. The van der Waals surface area contributed by atoms with Crippen molar-refractivity contribution in [2.75, 3.05) is 39.4 Å². The van der Waals surface area contributed by atoms with Crippen LogP contribution < -0.4 is 0 Å². The lowest BCUT2D eigenvalue weighted by molar-refractivity contribution is 0.0385. The van der Waals surface area contributed by atoms with Gasteiger partial charge in [0.15, 0.2) is 0 Å². The van der Waals surface area contributed by atoms with Crippen LogP contribution in [0, 0.1) is 0 Å². The van der Waals surface area contributed by atoms with Crippen LogP contribution in [0.15, 0.2) is 12.4 Å². The third-order valence-electron chi connectivity index (χ3n) is 4.05. The Hall–Kier alpha value is -0.910. The van der Waals surface area contributed by atoms with Crippen molar-refractivity contribution in [3.63, 3.8) is 0 Å². The van der Waals surface area contributed by atoms with E-state index in [4.69, 9.17) is 4.74 Å². The minimum atomic E-state index is 0.654. The molecule has 0 unspecified atom stereocenters. The van der Waals surface area contributed by atoms with Gasteiger partial charge in [0.05, 0.1) is 12.8 Å². The first-order valence-corrected chi connectivity index (χ1v) is 7.74. The molecule has 0 aliphatic carbocycles. The zero-order valence-corrected chi connectivity index (χ0v) is 13.1. The molecular weight excluding hydrogens is 252 g/mol. The van der Waals surface area contributed by atoms with Gasteiger partial charge in [0, 0.05) is 64.2 Å². The normalized spacial score (nSPS) is 21.4. The summed E-state index contributed by atoms with van der Waals surface area (Å²) in [6.45, 7) is 11.5. The summed E-state index contributed by atoms with van der Waals surface area (Å²) in [4.78, 5) is 5.12. The third-order valence-corrected chi connectivity index (χ3v) is 4.05. The second-order valence-electron chi connectivity index (χ2n) is 5.55. The Morgan fingerprint density at radius 3 is 2.85 bits per heavy atom. The Kier molecular flexibility index (Phi) is 6.01. The highest BCUT2D eigenvalue weighted by Gasteiger charge is 2.25. The molecule has 1 aromatic heterocycles. The maximum absolute atomic E-state index is 5.49. The first-order valence-electron chi connectivity index (χ1n) is 7.74. The second-order valence-corrected chi connectivity index (χ2v) is 5.55. The molecule has 0 amide bonds. The van der Waals surface area contributed by atoms with Crippen molar-refractivity contribution < 1.29 is 4.74 Å². The largest absolute Gasteiger partial charge is 0.380 e. The molecule has 0 saturated carbocycles. The molecule has 5 nitrogen and oxygen atoms in total. The van der Waals surface area contributed by atoms with Crippen LogP contribution in [0.25, 0.3) is 0 Å². The van der Waals surface area contributed by atoms with Crippen LogP contribution in [0.4, 0.5) is 0 Å². The average molecular weight is 280 g/mol. The van der Waals surface area contributed by atoms with Crippen LogP contribution in [0.1, 0.15) is 25.8 Å². The summed E-state index contributed by atoms with van der Waals surface area (Å²) in [6, 6.07) is 0.654. The molecule has 114 valence electrons. The summed E-state index contributed by atoms with van der Waals surface area (Å²) in [7, 11) is 1.98. The molecule has 2 rings (SSSR count). The molecule has 0 radical (unpaired) electrons. The topological polar surface area (TPSA) is 33.5 Å². The summed E-state index contributed by atoms with van der Waals surface area (Å²) in [5.41, 5.74) is 1.31. The zero-order valence-electron chi connectivity index (χ0n) is 13.1. The molecule has 20 heavy (non-hydrogen) atoms. The highest BCUT2D eigenvalue weighted by Crippen LogP contribution is 2.15. The summed E-state index contributed by atoms with van der Waals surface area (Å²) < 4.78 is 7.37. The van der Waals surface area contributed by atoms with E-state index in [-0.39, 0.29) is 0 Å². The smallest absolute Gasteiger partial charge is 0.0593 e. The summed E-state index contributed by atoms with van der Waals surface area (Å²) in [5.74, 6) is 0. The van der Waals surface area contributed by atoms with Crippen molar-refractivity contribution in [1.29, 1.82) is 0 Å². The minimum Gasteiger partial charge on any atom is -0.380 e. The molecule has 0 bridgehead atoms. The molecule has 1 atom stereocenters. The first-order chi connectivity index (χ1) is 9.72. The Labute approximate surface area is 122 Å².